The molecule has 0 radical (unpaired) electrons. The molecule has 0 spiro atoms. The fourth-order valence-electron chi connectivity index (χ4n) is 1.63. The second kappa shape index (κ2) is 5.75. The molecule has 0 fully saturated rings. The van der Waals surface area contributed by atoms with E-state index < -0.39 is 29.5 Å². The zero-order valence-corrected chi connectivity index (χ0v) is 10.1. The van der Waals surface area contributed by atoms with Gasteiger partial charge in [0.05, 0.1) is 0 Å². The van der Waals surface area contributed by atoms with Crippen LogP contribution in [-0.2, 0) is 4.79 Å². The SMILES string of the molecule is O=C(Nc1cc(F)c(F)c(F)c1)C(O)c1ccccc1. The van der Waals surface area contributed by atoms with Crippen LogP contribution in [0.1, 0.15) is 11.7 Å². The lowest BCUT2D eigenvalue weighted by Gasteiger charge is -2.12. The van der Waals surface area contributed by atoms with E-state index >= 15 is 0 Å². The van der Waals surface area contributed by atoms with Crippen molar-refractivity contribution >= 4 is 11.6 Å². The Labute approximate surface area is 112 Å². The number of amides is 1. The molecule has 2 N–H and O–H groups in total. The fourth-order valence-corrected chi connectivity index (χ4v) is 1.63. The quantitative estimate of drug-likeness (QED) is 0.850. The average molecular weight is 281 g/mol. The van der Waals surface area contributed by atoms with Crippen LogP contribution in [0.5, 0.6) is 0 Å². The van der Waals surface area contributed by atoms with Crippen molar-refractivity contribution < 1.29 is 23.1 Å². The lowest BCUT2D eigenvalue weighted by atomic mass is 10.1. The van der Waals surface area contributed by atoms with Crippen molar-refractivity contribution in [1.29, 1.82) is 0 Å². The van der Waals surface area contributed by atoms with Gasteiger partial charge in [0.1, 0.15) is 0 Å². The summed E-state index contributed by atoms with van der Waals surface area (Å²) in [5.74, 6) is -5.34. The van der Waals surface area contributed by atoms with Gasteiger partial charge in [0.25, 0.3) is 5.91 Å². The minimum absolute atomic E-state index is 0.276. The van der Waals surface area contributed by atoms with Crippen LogP contribution in [0.4, 0.5) is 18.9 Å². The van der Waals surface area contributed by atoms with Crippen molar-refractivity contribution in [1.82, 2.24) is 0 Å². The topological polar surface area (TPSA) is 49.3 Å². The van der Waals surface area contributed by atoms with Gasteiger partial charge in [-0.1, -0.05) is 30.3 Å². The van der Waals surface area contributed by atoms with Gasteiger partial charge in [0.15, 0.2) is 23.6 Å². The predicted octanol–water partition coefficient (Wildman–Crippen LogP) is 2.78. The Balaban J connectivity index is 2.16. The molecule has 0 aliphatic heterocycles. The molecule has 20 heavy (non-hydrogen) atoms. The number of aliphatic hydroxyl groups is 1. The highest BCUT2D eigenvalue weighted by Gasteiger charge is 2.18. The first-order valence-corrected chi connectivity index (χ1v) is 5.67. The molecular formula is C14H10F3NO2. The van der Waals surface area contributed by atoms with Crippen LogP contribution in [-0.4, -0.2) is 11.0 Å². The average Bonchev–Trinajstić information content (AvgIpc) is 2.44. The molecule has 0 aromatic heterocycles. The lowest BCUT2D eigenvalue weighted by molar-refractivity contribution is -0.124. The summed E-state index contributed by atoms with van der Waals surface area (Å²) in [6, 6.07) is 9.28. The number of rotatable bonds is 3. The van der Waals surface area contributed by atoms with Crippen molar-refractivity contribution in [2.45, 2.75) is 6.10 Å². The van der Waals surface area contributed by atoms with Gasteiger partial charge >= 0.3 is 0 Å². The summed E-state index contributed by atoms with van der Waals surface area (Å²) in [4.78, 5) is 11.7. The molecule has 104 valence electrons. The first-order valence-electron chi connectivity index (χ1n) is 5.67. The Morgan fingerprint density at radius 1 is 1.05 bits per heavy atom. The van der Waals surface area contributed by atoms with Crippen LogP contribution in [0.25, 0.3) is 0 Å². The van der Waals surface area contributed by atoms with Crippen molar-refractivity contribution in [3.8, 4) is 0 Å². The van der Waals surface area contributed by atoms with E-state index in [1.54, 1.807) is 18.2 Å². The third-order valence-corrected chi connectivity index (χ3v) is 2.62. The molecule has 6 heteroatoms. The van der Waals surface area contributed by atoms with E-state index in [1.807, 2.05) is 0 Å². The van der Waals surface area contributed by atoms with Gasteiger partial charge < -0.3 is 10.4 Å². The molecule has 1 unspecified atom stereocenters. The molecule has 0 saturated carbocycles. The number of carbonyl (C=O) groups excluding carboxylic acids is 1. The van der Waals surface area contributed by atoms with Crippen LogP contribution in [0.3, 0.4) is 0 Å². The number of hydrogen-bond acceptors (Lipinski definition) is 2. The zero-order valence-electron chi connectivity index (χ0n) is 10.1. The number of aliphatic hydroxyl groups excluding tert-OH is 1. The summed E-state index contributed by atoms with van der Waals surface area (Å²) in [5.41, 5.74) is 0.0504. The van der Waals surface area contributed by atoms with Crippen LogP contribution < -0.4 is 5.32 Å². The molecule has 0 heterocycles. The van der Waals surface area contributed by atoms with Crippen LogP contribution in [0.2, 0.25) is 0 Å². The largest absolute Gasteiger partial charge is 0.378 e. The second-order valence-corrected chi connectivity index (χ2v) is 4.06. The van der Waals surface area contributed by atoms with Gasteiger partial charge in [0.2, 0.25) is 0 Å². The van der Waals surface area contributed by atoms with Crippen LogP contribution in [0, 0.1) is 17.5 Å². The maximum atomic E-state index is 13.0. The van der Waals surface area contributed by atoms with Crippen molar-refractivity contribution in [3.05, 3.63) is 65.5 Å². The minimum Gasteiger partial charge on any atom is -0.378 e. The highest BCUT2D eigenvalue weighted by Crippen LogP contribution is 2.19. The van der Waals surface area contributed by atoms with Gasteiger partial charge in [-0.3, -0.25) is 4.79 Å². The smallest absolute Gasteiger partial charge is 0.257 e. The Morgan fingerprint density at radius 2 is 1.60 bits per heavy atom. The molecule has 1 atom stereocenters. The summed E-state index contributed by atoms with van der Waals surface area (Å²) in [7, 11) is 0. The summed E-state index contributed by atoms with van der Waals surface area (Å²) in [5, 5.41) is 11.9. The summed E-state index contributed by atoms with van der Waals surface area (Å²) >= 11 is 0. The molecule has 1 amide bonds. The van der Waals surface area contributed by atoms with Crippen molar-refractivity contribution in [2.24, 2.45) is 0 Å². The standard InChI is InChI=1S/C14H10F3NO2/c15-10-6-9(7-11(16)12(10)17)18-14(20)13(19)8-4-2-1-3-5-8/h1-7,13,19H,(H,18,20). The maximum Gasteiger partial charge on any atom is 0.257 e. The number of carbonyl (C=O) groups is 1. The number of benzene rings is 2. The fraction of sp³-hybridized carbons (Fsp3) is 0.0714. The van der Waals surface area contributed by atoms with E-state index in [0.717, 1.165) is 0 Å². The molecule has 0 aliphatic rings. The number of nitrogens with one attached hydrogen (secondary N) is 1. The monoisotopic (exact) mass is 281 g/mol. The Hall–Kier alpha value is -2.34. The van der Waals surface area contributed by atoms with E-state index in [9.17, 15) is 23.1 Å². The van der Waals surface area contributed by atoms with E-state index in [1.165, 1.54) is 12.1 Å². The Bertz CT molecular complexity index is 609. The summed E-state index contributed by atoms with van der Waals surface area (Å²) < 4.78 is 38.7. The molecular weight excluding hydrogens is 271 g/mol. The third kappa shape index (κ3) is 2.97. The normalized spacial score (nSPS) is 12.0. The molecule has 0 aliphatic carbocycles. The van der Waals surface area contributed by atoms with Crippen LogP contribution in [0.15, 0.2) is 42.5 Å². The summed E-state index contributed by atoms with van der Waals surface area (Å²) in [6.07, 6.45) is -1.49. The van der Waals surface area contributed by atoms with Crippen LogP contribution >= 0.6 is 0 Å². The molecule has 2 aromatic rings. The van der Waals surface area contributed by atoms with Crippen molar-refractivity contribution in [3.63, 3.8) is 0 Å². The molecule has 2 rings (SSSR count). The molecule has 2 aromatic carbocycles. The zero-order chi connectivity index (χ0) is 14.7. The van der Waals surface area contributed by atoms with E-state index in [2.05, 4.69) is 5.32 Å². The Morgan fingerprint density at radius 3 is 2.15 bits per heavy atom. The first-order chi connectivity index (χ1) is 9.49. The third-order valence-electron chi connectivity index (χ3n) is 2.62. The predicted molar refractivity (Wildman–Crippen MR) is 66.3 cm³/mol. The lowest BCUT2D eigenvalue weighted by Crippen LogP contribution is -2.21. The van der Waals surface area contributed by atoms with E-state index in [-0.39, 0.29) is 5.69 Å². The minimum atomic E-state index is -1.62. The van der Waals surface area contributed by atoms with Gasteiger partial charge in [-0.2, -0.15) is 0 Å². The van der Waals surface area contributed by atoms with Gasteiger partial charge in [-0.05, 0) is 5.56 Å². The van der Waals surface area contributed by atoms with E-state index in [0.29, 0.717) is 17.7 Å². The highest BCUT2D eigenvalue weighted by molar-refractivity contribution is 5.94. The van der Waals surface area contributed by atoms with Gasteiger partial charge in [-0.15, -0.1) is 0 Å². The van der Waals surface area contributed by atoms with Gasteiger partial charge in [0, 0.05) is 17.8 Å². The number of anilines is 1. The molecule has 0 saturated heterocycles. The van der Waals surface area contributed by atoms with E-state index in [4.69, 9.17) is 0 Å². The maximum absolute atomic E-state index is 13.0. The molecule has 0 bridgehead atoms. The van der Waals surface area contributed by atoms with Crippen molar-refractivity contribution in [2.75, 3.05) is 5.32 Å². The molecule has 3 nitrogen and oxygen atoms in total. The number of halogens is 3. The second-order valence-electron chi connectivity index (χ2n) is 4.06. The number of hydrogen-bond donors (Lipinski definition) is 2. The summed E-state index contributed by atoms with van der Waals surface area (Å²) in [6.45, 7) is 0. The Kier molecular flexibility index (Phi) is 4.05. The highest BCUT2D eigenvalue weighted by atomic mass is 19.2. The first kappa shape index (κ1) is 14.1. The van der Waals surface area contributed by atoms with Gasteiger partial charge in [-0.25, -0.2) is 13.2 Å².